The van der Waals surface area contributed by atoms with Crippen LogP contribution in [0.5, 0.6) is 0 Å². The standard InChI is InChI=1S/C12H12/c1-3-10-4-7-12(8-9(10)2)11-5-6-11/h1,4,7-8,11H,5-6H2,2H3. The Morgan fingerprint density at radius 3 is 2.67 bits per heavy atom. The van der Waals surface area contributed by atoms with Crippen molar-refractivity contribution in [2.24, 2.45) is 0 Å². The fraction of sp³-hybridized carbons (Fsp3) is 0.333. The average Bonchev–Trinajstić information content (AvgIpc) is 2.86. The minimum atomic E-state index is 0.829. The topological polar surface area (TPSA) is 0 Å². The van der Waals surface area contributed by atoms with E-state index in [0.717, 1.165) is 11.5 Å². The highest BCUT2D eigenvalue weighted by Gasteiger charge is 2.23. The summed E-state index contributed by atoms with van der Waals surface area (Å²) in [5.74, 6) is 3.51. The van der Waals surface area contributed by atoms with Crippen LogP contribution in [0.3, 0.4) is 0 Å². The van der Waals surface area contributed by atoms with E-state index in [2.05, 4.69) is 31.0 Å². The summed E-state index contributed by atoms with van der Waals surface area (Å²) in [6.45, 7) is 2.08. The molecule has 0 heterocycles. The van der Waals surface area contributed by atoms with E-state index in [9.17, 15) is 0 Å². The summed E-state index contributed by atoms with van der Waals surface area (Å²) in [6.07, 6.45) is 8.05. The van der Waals surface area contributed by atoms with Gasteiger partial charge in [0.2, 0.25) is 0 Å². The molecule has 0 bridgehead atoms. The second-order valence-corrected chi connectivity index (χ2v) is 3.49. The SMILES string of the molecule is C#Cc1ccc(C2CC2)cc1C. The smallest absolute Gasteiger partial charge is 0.0271 e. The summed E-state index contributed by atoms with van der Waals surface area (Å²) in [7, 11) is 0. The normalized spacial score (nSPS) is 15.7. The van der Waals surface area contributed by atoms with E-state index in [1.54, 1.807) is 0 Å². The Hall–Kier alpha value is -1.22. The molecule has 1 aromatic rings. The highest BCUT2D eigenvalue weighted by Crippen LogP contribution is 2.40. The van der Waals surface area contributed by atoms with Crippen LogP contribution in [0.15, 0.2) is 18.2 Å². The van der Waals surface area contributed by atoms with Gasteiger partial charge in [-0.25, -0.2) is 0 Å². The van der Waals surface area contributed by atoms with Crippen molar-refractivity contribution in [3.05, 3.63) is 34.9 Å². The molecule has 0 atom stereocenters. The van der Waals surface area contributed by atoms with E-state index in [1.807, 2.05) is 0 Å². The van der Waals surface area contributed by atoms with Crippen LogP contribution in [0, 0.1) is 19.3 Å². The molecule has 1 aliphatic carbocycles. The van der Waals surface area contributed by atoms with Crippen LogP contribution in [0.2, 0.25) is 0 Å². The van der Waals surface area contributed by atoms with Crippen LogP contribution in [0.25, 0.3) is 0 Å². The fourth-order valence-electron chi connectivity index (χ4n) is 1.52. The zero-order valence-corrected chi connectivity index (χ0v) is 7.30. The Labute approximate surface area is 73.6 Å². The van der Waals surface area contributed by atoms with Crippen molar-refractivity contribution in [3.8, 4) is 12.3 Å². The van der Waals surface area contributed by atoms with Gasteiger partial charge in [0.25, 0.3) is 0 Å². The maximum Gasteiger partial charge on any atom is 0.0271 e. The van der Waals surface area contributed by atoms with Gasteiger partial charge in [-0.1, -0.05) is 18.1 Å². The first kappa shape index (κ1) is 7.43. The van der Waals surface area contributed by atoms with Crippen LogP contribution in [-0.2, 0) is 0 Å². The van der Waals surface area contributed by atoms with Crippen LogP contribution in [0.1, 0.15) is 35.4 Å². The third-order valence-electron chi connectivity index (χ3n) is 2.45. The predicted molar refractivity (Wildman–Crippen MR) is 51.1 cm³/mol. The molecule has 0 radical (unpaired) electrons. The highest BCUT2D eigenvalue weighted by molar-refractivity contribution is 5.42. The van der Waals surface area contributed by atoms with Crippen molar-refractivity contribution in [1.29, 1.82) is 0 Å². The van der Waals surface area contributed by atoms with Crippen molar-refractivity contribution in [3.63, 3.8) is 0 Å². The molecule has 1 aliphatic rings. The molecule has 2 rings (SSSR count). The monoisotopic (exact) mass is 156 g/mol. The molecule has 0 aliphatic heterocycles. The van der Waals surface area contributed by atoms with Gasteiger partial charge in [0.1, 0.15) is 0 Å². The molecule has 0 saturated heterocycles. The summed E-state index contributed by atoms with van der Waals surface area (Å²) in [4.78, 5) is 0. The number of rotatable bonds is 1. The summed E-state index contributed by atoms with van der Waals surface area (Å²) < 4.78 is 0. The average molecular weight is 156 g/mol. The third kappa shape index (κ3) is 1.23. The predicted octanol–water partition coefficient (Wildman–Crippen LogP) is 2.85. The number of aryl methyl sites for hydroxylation is 1. The van der Waals surface area contributed by atoms with Gasteiger partial charge in [-0.15, -0.1) is 6.42 Å². The zero-order valence-electron chi connectivity index (χ0n) is 7.30. The first-order chi connectivity index (χ1) is 5.81. The molecule has 0 N–H and O–H groups in total. The fourth-order valence-corrected chi connectivity index (χ4v) is 1.52. The van der Waals surface area contributed by atoms with E-state index >= 15 is 0 Å². The molecule has 0 unspecified atom stereocenters. The molecule has 1 aromatic carbocycles. The van der Waals surface area contributed by atoms with Crippen LogP contribution >= 0.6 is 0 Å². The second-order valence-electron chi connectivity index (χ2n) is 3.49. The minimum Gasteiger partial charge on any atom is -0.115 e. The number of hydrogen-bond donors (Lipinski definition) is 0. The Kier molecular flexibility index (Phi) is 1.66. The van der Waals surface area contributed by atoms with Gasteiger partial charge in [0.05, 0.1) is 0 Å². The number of terminal acetylenes is 1. The summed E-state index contributed by atoms with van der Waals surface area (Å²) in [5.41, 5.74) is 3.73. The lowest BCUT2D eigenvalue weighted by molar-refractivity contribution is 1.12. The number of benzene rings is 1. The molecule has 0 spiro atoms. The van der Waals surface area contributed by atoms with Gasteiger partial charge in [0, 0.05) is 5.56 Å². The molecule has 0 amide bonds. The largest absolute Gasteiger partial charge is 0.115 e. The van der Waals surface area contributed by atoms with Crippen molar-refractivity contribution < 1.29 is 0 Å². The van der Waals surface area contributed by atoms with E-state index in [0.29, 0.717) is 0 Å². The summed E-state index contributed by atoms with van der Waals surface area (Å²) in [6, 6.07) is 6.45. The lowest BCUT2D eigenvalue weighted by atomic mass is 10.0. The Morgan fingerprint density at radius 2 is 2.17 bits per heavy atom. The Balaban J connectivity index is 2.38. The maximum absolute atomic E-state index is 5.34. The van der Waals surface area contributed by atoms with Gasteiger partial charge in [0.15, 0.2) is 0 Å². The lowest BCUT2D eigenvalue weighted by Gasteiger charge is -2.01. The van der Waals surface area contributed by atoms with Crippen molar-refractivity contribution in [2.45, 2.75) is 25.7 Å². The van der Waals surface area contributed by atoms with Gasteiger partial charge >= 0.3 is 0 Å². The first-order valence-corrected chi connectivity index (χ1v) is 4.38. The molecule has 60 valence electrons. The zero-order chi connectivity index (χ0) is 8.55. The second kappa shape index (κ2) is 2.68. The Bertz CT molecular complexity index is 338. The number of hydrogen-bond acceptors (Lipinski definition) is 0. The van der Waals surface area contributed by atoms with Crippen molar-refractivity contribution in [1.82, 2.24) is 0 Å². The van der Waals surface area contributed by atoms with Gasteiger partial charge in [-0.3, -0.25) is 0 Å². The maximum atomic E-state index is 5.34. The molecular formula is C12H12. The molecule has 1 fully saturated rings. The molecule has 0 heteroatoms. The third-order valence-corrected chi connectivity index (χ3v) is 2.45. The summed E-state index contributed by atoms with van der Waals surface area (Å²) >= 11 is 0. The molecule has 0 aromatic heterocycles. The molecule has 1 saturated carbocycles. The minimum absolute atomic E-state index is 0.829. The van der Waals surface area contributed by atoms with Gasteiger partial charge in [-0.2, -0.15) is 0 Å². The lowest BCUT2D eigenvalue weighted by Crippen LogP contribution is -1.85. The van der Waals surface area contributed by atoms with Crippen molar-refractivity contribution >= 4 is 0 Å². The van der Waals surface area contributed by atoms with E-state index < -0.39 is 0 Å². The quantitative estimate of drug-likeness (QED) is 0.548. The van der Waals surface area contributed by atoms with Crippen LogP contribution < -0.4 is 0 Å². The molecule has 0 nitrogen and oxygen atoms in total. The van der Waals surface area contributed by atoms with Crippen LogP contribution in [-0.4, -0.2) is 0 Å². The Morgan fingerprint density at radius 1 is 1.42 bits per heavy atom. The molecular weight excluding hydrogens is 144 g/mol. The van der Waals surface area contributed by atoms with E-state index in [4.69, 9.17) is 6.42 Å². The van der Waals surface area contributed by atoms with Gasteiger partial charge in [-0.05, 0) is 42.9 Å². The van der Waals surface area contributed by atoms with E-state index in [1.165, 1.54) is 24.0 Å². The first-order valence-electron chi connectivity index (χ1n) is 4.38. The highest BCUT2D eigenvalue weighted by atomic mass is 14.3. The summed E-state index contributed by atoms with van der Waals surface area (Å²) in [5, 5.41) is 0. The van der Waals surface area contributed by atoms with Gasteiger partial charge < -0.3 is 0 Å². The van der Waals surface area contributed by atoms with Crippen molar-refractivity contribution in [2.75, 3.05) is 0 Å². The van der Waals surface area contributed by atoms with E-state index in [-0.39, 0.29) is 0 Å². The van der Waals surface area contributed by atoms with Crippen LogP contribution in [0.4, 0.5) is 0 Å². The molecule has 12 heavy (non-hydrogen) atoms.